The molecular weight excluding hydrogens is 939 g/mol. The number of nitrogens with one attached hydrogen (secondary N) is 1. The van der Waals surface area contributed by atoms with E-state index in [4.69, 9.17) is 28.4 Å². The summed E-state index contributed by atoms with van der Waals surface area (Å²) in [6.07, 6.45) is 8.48. The average Bonchev–Trinajstić information content (AvgIpc) is 3.37. The first-order chi connectivity index (χ1) is 34.8. The van der Waals surface area contributed by atoms with E-state index in [9.17, 15) is 61.0 Å². The molecule has 72 heavy (non-hydrogen) atoms. The van der Waals surface area contributed by atoms with Crippen molar-refractivity contribution in [2.24, 2.45) is 0 Å². The Morgan fingerprint density at radius 1 is 0.500 bits per heavy atom. The molecule has 0 aromatic heterocycles. The summed E-state index contributed by atoms with van der Waals surface area (Å²) in [6.45, 7) is 1.72. The van der Waals surface area contributed by atoms with Gasteiger partial charge in [0.2, 0.25) is 5.91 Å². The van der Waals surface area contributed by atoms with E-state index >= 15 is 0 Å². The van der Waals surface area contributed by atoms with Crippen molar-refractivity contribution in [1.29, 1.82) is 0 Å². The van der Waals surface area contributed by atoms with E-state index in [2.05, 4.69) is 43.5 Å². The number of aliphatic hydroxyl groups is 11. The summed E-state index contributed by atoms with van der Waals surface area (Å²) in [5.74, 6) is -0.259. The third-order valence-corrected chi connectivity index (χ3v) is 14.0. The molecule has 0 aromatic carbocycles. The smallest absolute Gasteiger partial charge is 0.220 e. The lowest BCUT2D eigenvalue weighted by atomic mass is 9.96. The first-order valence-corrected chi connectivity index (χ1v) is 27.6. The zero-order chi connectivity index (χ0) is 52.7. The molecule has 3 aliphatic heterocycles. The van der Waals surface area contributed by atoms with Gasteiger partial charge in [0, 0.05) is 6.42 Å². The predicted molar refractivity (Wildman–Crippen MR) is 268 cm³/mol. The van der Waals surface area contributed by atoms with Crippen molar-refractivity contribution in [1.82, 2.24) is 5.32 Å². The summed E-state index contributed by atoms with van der Waals surface area (Å²) in [4.78, 5) is 13.3. The maximum atomic E-state index is 13.3. The maximum Gasteiger partial charge on any atom is 0.220 e. The lowest BCUT2D eigenvalue weighted by Crippen LogP contribution is -2.66. The van der Waals surface area contributed by atoms with Gasteiger partial charge in [0.15, 0.2) is 18.9 Å². The van der Waals surface area contributed by atoms with Crippen LogP contribution >= 0.6 is 0 Å². The fraction of sp³-hybridized carbons (Fsp3) is 0.906. The average molecular weight is 1040 g/mol. The Morgan fingerprint density at radius 2 is 0.917 bits per heavy atom. The Kier molecular flexibility index (Phi) is 34.0. The summed E-state index contributed by atoms with van der Waals surface area (Å²) in [5, 5.41) is 120. The molecule has 3 saturated heterocycles. The molecule has 3 rings (SSSR count). The largest absolute Gasteiger partial charge is 0.394 e. The van der Waals surface area contributed by atoms with E-state index in [1.807, 2.05) is 0 Å². The normalized spacial score (nSPS) is 32.2. The van der Waals surface area contributed by atoms with E-state index in [0.29, 0.717) is 12.8 Å². The van der Waals surface area contributed by atoms with Crippen LogP contribution in [0.4, 0.5) is 0 Å². The van der Waals surface area contributed by atoms with Gasteiger partial charge in [-0.2, -0.15) is 0 Å². The van der Waals surface area contributed by atoms with Crippen LogP contribution in [0.2, 0.25) is 0 Å². The highest BCUT2D eigenvalue weighted by Gasteiger charge is 2.53. The molecule has 0 spiro atoms. The van der Waals surface area contributed by atoms with E-state index < -0.39 is 124 Å². The number of hydrogen-bond acceptors (Lipinski definition) is 18. The van der Waals surface area contributed by atoms with Gasteiger partial charge in [-0.3, -0.25) is 4.79 Å². The molecular formula is C53H97NO18. The molecule has 3 aliphatic rings. The number of amides is 1. The number of carbonyl (C=O) groups is 1. The van der Waals surface area contributed by atoms with Crippen LogP contribution in [0.1, 0.15) is 174 Å². The Bertz CT molecular complexity index is 1430. The third kappa shape index (κ3) is 22.9. The van der Waals surface area contributed by atoms with Gasteiger partial charge in [-0.1, -0.05) is 147 Å². The highest BCUT2D eigenvalue weighted by molar-refractivity contribution is 5.76. The van der Waals surface area contributed by atoms with Crippen molar-refractivity contribution in [3.8, 4) is 0 Å². The summed E-state index contributed by atoms with van der Waals surface area (Å²) in [5.41, 5.74) is 0. The summed E-state index contributed by atoms with van der Waals surface area (Å²) in [6, 6.07) is -0.890. The molecule has 19 heteroatoms. The van der Waals surface area contributed by atoms with Gasteiger partial charge >= 0.3 is 0 Å². The predicted octanol–water partition coefficient (Wildman–Crippen LogP) is 3.20. The number of rotatable bonds is 39. The van der Waals surface area contributed by atoms with Crippen LogP contribution in [-0.2, 0) is 33.2 Å². The Labute approximate surface area is 428 Å². The minimum atomic E-state index is -1.97. The van der Waals surface area contributed by atoms with E-state index in [1.165, 1.54) is 70.6 Å². The zero-order valence-electron chi connectivity index (χ0n) is 43.4. The zero-order valence-corrected chi connectivity index (χ0v) is 43.4. The van der Waals surface area contributed by atoms with Crippen LogP contribution in [0.25, 0.3) is 0 Å². The molecule has 0 aliphatic carbocycles. The maximum absolute atomic E-state index is 13.3. The SMILES string of the molecule is CCCCCC/C=C\C/C=C\CCCCCCCC(=O)NC(COC1OC(CO)C(OC2OC(CO)C(OC3OC(CO)C(O)C(O)C3O)C(O)C2O)C(O)C1O)C(O)CCCCCCCCCCCCC. The molecule has 0 aromatic rings. The van der Waals surface area contributed by atoms with Gasteiger partial charge in [-0.25, -0.2) is 0 Å². The second-order valence-electron chi connectivity index (χ2n) is 20.0. The minimum Gasteiger partial charge on any atom is -0.394 e. The Morgan fingerprint density at radius 3 is 1.43 bits per heavy atom. The topological polar surface area (TPSA) is 307 Å². The first kappa shape index (κ1) is 64.6. The van der Waals surface area contributed by atoms with Gasteiger partial charge in [-0.15, -0.1) is 0 Å². The molecule has 1 amide bonds. The minimum absolute atomic E-state index is 0.251. The van der Waals surface area contributed by atoms with Crippen LogP contribution in [0.3, 0.4) is 0 Å². The van der Waals surface area contributed by atoms with Crippen molar-refractivity contribution in [2.45, 2.75) is 279 Å². The molecule has 17 atom stereocenters. The molecule has 0 bridgehead atoms. The second kappa shape index (κ2) is 37.9. The summed E-state index contributed by atoms with van der Waals surface area (Å²) < 4.78 is 34.2. The van der Waals surface area contributed by atoms with Gasteiger partial charge in [-0.05, 0) is 44.9 Å². The van der Waals surface area contributed by atoms with Crippen LogP contribution in [0, 0.1) is 0 Å². The lowest BCUT2D eigenvalue weighted by Gasteiger charge is -2.48. The molecule has 19 nitrogen and oxygen atoms in total. The van der Waals surface area contributed by atoms with Gasteiger partial charge in [0.05, 0.1) is 38.6 Å². The third-order valence-electron chi connectivity index (χ3n) is 14.0. The van der Waals surface area contributed by atoms with Crippen LogP contribution < -0.4 is 5.32 Å². The van der Waals surface area contributed by atoms with Crippen LogP contribution in [-0.4, -0.2) is 193 Å². The monoisotopic (exact) mass is 1040 g/mol. The molecule has 3 heterocycles. The van der Waals surface area contributed by atoms with Crippen molar-refractivity contribution in [2.75, 3.05) is 26.4 Å². The van der Waals surface area contributed by atoms with E-state index in [1.54, 1.807) is 0 Å². The van der Waals surface area contributed by atoms with Gasteiger partial charge in [0.25, 0.3) is 0 Å². The molecule has 17 unspecified atom stereocenters. The fourth-order valence-electron chi connectivity index (χ4n) is 9.40. The molecule has 12 N–H and O–H groups in total. The quantitative estimate of drug-likeness (QED) is 0.0311. The molecule has 0 saturated carbocycles. The standard InChI is InChI=1S/C53H97NO18/c1-3-5-7-9-11-13-15-16-17-18-19-21-23-25-27-29-31-41(59)54-36(37(58)30-28-26-24-22-20-14-12-10-8-6-4-2)35-67-51-47(65)44(62)49(39(33-56)69-51)72-53-48(66)45(63)50(40(34-57)70-53)71-52-46(64)43(61)42(60)38(32-55)68-52/h13,15,17-18,36-40,42-53,55-58,60-66H,3-12,14,16,19-35H2,1-2H3,(H,54,59)/b15-13-,18-17-. The lowest BCUT2D eigenvalue weighted by molar-refractivity contribution is -0.379. The van der Waals surface area contributed by atoms with E-state index in [-0.39, 0.29) is 18.9 Å². The number of unbranched alkanes of at least 4 members (excludes halogenated alkanes) is 19. The number of carbonyl (C=O) groups excluding carboxylic acids is 1. The number of ether oxygens (including phenoxy) is 6. The molecule has 422 valence electrons. The molecule has 0 radical (unpaired) electrons. The van der Waals surface area contributed by atoms with Gasteiger partial charge in [0.1, 0.15) is 73.2 Å². The fourth-order valence-corrected chi connectivity index (χ4v) is 9.40. The highest BCUT2D eigenvalue weighted by atomic mass is 16.8. The highest BCUT2D eigenvalue weighted by Crippen LogP contribution is 2.33. The van der Waals surface area contributed by atoms with Crippen LogP contribution in [0.15, 0.2) is 24.3 Å². The molecule has 3 fully saturated rings. The first-order valence-electron chi connectivity index (χ1n) is 27.6. The number of hydrogen-bond donors (Lipinski definition) is 12. The van der Waals surface area contributed by atoms with Crippen molar-refractivity contribution >= 4 is 5.91 Å². The van der Waals surface area contributed by atoms with Crippen molar-refractivity contribution in [3.63, 3.8) is 0 Å². The number of aliphatic hydroxyl groups excluding tert-OH is 11. The van der Waals surface area contributed by atoms with Crippen molar-refractivity contribution in [3.05, 3.63) is 24.3 Å². The Hall–Kier alpha value is -1.73. The van der Waals surface area contributed by atoms with Crippen molar-refractivity contribution < 1.29 is 89.4 Å². The van der Waals surface area contributed by atoms with E-state index in [0.717, 1.165) is 70.6 Å². The summed E-state index contributed by atoms with van der Waals surface area (Å²) >= 11 is 0. The number of allylic oxidation sites excluding steroid dienone is 4. The van der Waals surface area contributed by atoms with Crippen LogP contribution in [0.5, 0.6) is 0 Å². The second-order valence-corrected chi connectivity index (χ2v) is 20.0. The Balaban J connectivity index is 1.53. The van der Waals surface area contributed by atoms with Gasteiger partial charge < -0.3 is 89.9 Å². The summed E-state index contributed by atoms with van der Waals surface area (Å²) in [7, 11) is 0.